The number of nitrogens with zero attached hydrogens (tertiary/aromatic N) is 1. The molecule has 0 heterocycles. The number of rotatable bonds is 2. The zero-order valence-electron chi connectivity index (χ0n) is 10.3. The highest BCUT2D eigenvalue weighted by Crippen LogP contribution is 2.22. The summed E-state index contributed by atoms with van der Waals surface area (Å²) in [5, 5.41) is 13.3. The molecule has 0 spiro atoms. The van der Waals surface area contributed by atoms with Gasteiger partial charge >= 0.3 is 6.03 Å². The monoisotopic (exact) mass is 276 g/mol. The first-order valence-corrected chi connectivity index (χ1v) is 6.07. The van der Waals surface area contributed by atoms with E-state index in [0.29, 0.717) is 21.5 Å². The van der Waals surface area contributed by atoms with Crippen LogP contribution in [0.15, 0.2) is 48.5 Å². The van der Waals surface area contributed by atoms with Gasteiger partial charge in [0.2, 0.25) is 0 Å². The smallest absolute Gasteiger partial charge is 0.304 e. The lowest BCUT2D eigenvalue weighted by molar-refractivity contribution is 0.216. The van der Waals surface area contributed by atoms with Crippen LogP contribution >= 0.6 is 11.6 Å². The van der Waals surface area contributed by atoms with Crippen LogP contribution in [-0.2, 0) is 0 Å². The average molecular weight is 277 g/mol. The molecule has 4 nitrogen and oxygen atoms in total. The predicted octanol–water partition coefficient (Wildman–Crippen LogP) is 4.08. The molecule has 5 heteroatoms. The maximum Gasteiger partial charge on any atom is 0.350 e. The molecule has 0 bridgehead atoms. The van der Waals surface area contributed by atoms with Gasteiger partial charge in [0.15, 0.2) is 0 Å². The third kappa shape index (κ3) is 3.24. The zero-order valence-corrected chi connectivity index (χ0v) is 11.1. The number of aryl methyl sites for hydroxylation is 1. The van der Waals surface area contributed by atoms with E-state index in [-0.39, 0.29) is 0 Å². The number of benzene rings is 2. The Labute approximate surface area is 116 Å². The Bertz CT molecular complexity index is 602. The van der Waals surface area contributed by atoms with Crippen molar-refractivity contribution < 1.29 is 10.0 Å². The van der Waals surface area contributed by atoms with Crippen LogP contribution in [0.25, 0.3) is 0 Å². The zero-order chi connectivity index (χ0) is 13.8. The minimum atomic E-state index is -0.668. The molecule has 0 radical (unpaired) electrons. The van der Waals surface area contributed by atoms with Gasteiger partial charge in [-0.05, 0) is 36.8 Å². The lowest BCUT2D eigenvalue weighted by atomic mass is 10.2. The van der Waals surface area contributed by atoms with Gasteiger partial charge in [0, 0.05) is 0 Å². The lowest BCUT2D eigenvalue weighted by Gasteiger charge is -2.16. The molecule has 2 aromatic rings. The van der Waals surface area contributed by atoms with Gasteiger partial charge in [-0.25, -0.2) is 4.79 Å². The minimum Gasteiger partial charge on any atom is -0.304 e. The second-order valence-corrected chi connectivity index (χ2v) is 4.47. The van der Waals surface area contributed by atoms with Crippen LogP contribution in [0, 0.1) is 6.92 Å². The van der Waals surface area contributed by atoms with Crippen molar-refractivity contribution in [3.8, 4) is 0 Å². The summed E-state index contributed by atoms with van der Waals surface area (Å²) in [4.78, 5) is 11.9. The molecular formula is C14H13ClN2O2. The Kier molecular flexibility index (Phi) is 4.04. The number of nitrogens with one attached hydrogen (secondary N) is 1. The maximum absolute atomic E-state index is 11.9. The highest BCUT2D eigenvalue weighted by atomic mass is 35.5. The quantitative estimate of drug-likeness (QED) is 0.641. The predicted molar refractivity (Wildman–Crippen MR) is 75.9 cm³/mol. The number of para-hydroxylation sites is 1. The summed E-state index contributed by atoms with van der Waals surface area (Å²) >= 11 is 5.93. The number of hydroxylamine groups is 1. The topological polar surface area (TPSA) is 52.6 Å². The van der Waals surface area contributed by atoms with Crippen LogP contribution in [-0.4, -0.2) is 11.2 Å². The fraction of sp³-hybridized carbons (Fsp3) is 0.0714. The summed E-state index contributed by atoms with van der Waals surface area (Å²) in [6.07, 6.45) is 0. The molecule has 0 aliphatic heterocycles. The molecule has 0 fully saturated rings. The number of amides is 2. The number of carbonyl (C=O) groups is 1. The van der Waals surface area contributed by atoms with Crippen LogP contribution in [0.4, 0.5) is 16.2 Å². The molecule has 2 amide bonds. The molecule has 0 aliphatic carbocycles. The Balaban J connectivity index is 2.14. The molecule has 2 rings (SSSR count). The van der Waals surface area contributed by atoms with Gasteiger partial charge in [-0.2, -0.15) is 5.06 Å². The van der Waals surface area contributed by atoms with Crippen molar-refractivity contribution in [3.63, 3.8) is 0 Å². The van der Waals surface area contributed by atoms with Gasteiger partial charge in [0.1, 0.15) is 0 Å². The normalized spacial score (nSPS) is 10.1. The number of carbonyl (C=O) groups excluding carboxylic acids is 1. The Morgan fingerprint density at radius 1 is 1.21 bits per heavy atom. The fourth-order valence-corrected chi connectivity index (χ4v) is 1.79. The average Bonchev–Trinajstić information content (AvgIpc) is 2.40. The van der Waals surface area contributed by atoms with Crippen molar-refractivity contribution in [1.29, 1.82) is 0 Å². The number of halogens is 1. The second-order valence-electron chi connectivity index (χ2n) is 4.06. The molecule has 0 atom stereocenters. The van der Waals surface area contributed by atoms with E-state index in [1.54, 1.807) is 42.5 Å². The lowest BCUT2D eigenvalue weighted by Crippen LogP contribution is -2.31. The molecule has 0 saturated carbocycles. The maximum atomic E-state index is 11.9. The molecule has 2 aromatic carbocycles. The highest BCUT2D eigenvalue weighted by Gasteiger charge is 2.14. The van der Waals surface area contributed by atoms with E-state index in [1.165, 1.54) is 0 Å². The summed E-state index contributed by atoms with van der Waals surface area (Å²) in [7, 11) is 0. The van der Waals surface area contributed by atoms with Crippen molar-refractivity contribution in [2.45, 2.75) is 6.92 Å². The fourth-order valence-electron chi connectivity index (χ4n) is 1.61. The summed E-state index contributed by atoms with van der Waals surface area (Å²) in [6.45, 7) is 1.88. The van der Waals surface area contributed by atoms with Gasteiger partial charge in [-0.3, -0.25) is 5.21 Å². The van der Waals surface area contributed by atoms with E-state index in [0.717, 1.165) is 5.56 Å². The third-order valence-electron chi connectivity index (χ3n) is 2.55. The van der Waals surface area contributed by atoms with Crippen LogP contribution in [0.2, 0.25) is 5.02 Å². The van der Waals surface area contributed by atoms with Gasteiger partial charge in [-0.15, -0.1) is 0 Å². The molecule has 2 N–H and O–H groups in total. The standard InChI is InChI=1S/C14H13ClN2O2/c1-10-5-4-6-11(9-10)17(19)14(18)16-13-8-3-2-7-12(13)15/h2-9,19H,1H3,(H,16,18). The first kappa shape index (κ1) is 13.4. The molecule has 0 unspecified atom stereocenters. The number of urea groups is 1. The van der Waals surface area contributed by atoms with E-state index in [9.17, 15) is 10.0 Å². The van der Waals surface area contributed by atoms with Gasteiger partial charge < -0.3 is 5.32 Å². The van der Waals surface area contributed by atoms with Crippen molar-refractivity contribution in [3.05, 3.63) is 59.1 Å². The third-order valence-corrected chi connectivity index (χ3v) is 2.88. The SMILES string of the molecule is Cc1cccc(N(O)C(=O)Nc2ccccc2Cl)c1. The first-order valence-electron chi connectivity index (χ1n) is 5.69. The largest absolute Gasteiger partial charge is 0.350 e. The summed E-state index contributed by atoms with van der Waals surface area (Å²) in [5.74, 6) is 0. The van der Waals surface area contributed by atoms with Crippen LogP contribution < -0.4 is 10.4 Å². The Morgan fingerprint density at radius 3 is 2.63 bits per heavy atom. The van der Waals surface area contributed by atoms with E-state index in [1.807, 2.05) is 13.0 Å². The molecule has 0 aliphatic rings. The molecular weight excluding hydrogens is 264 g/mol. The summed E-state index contributed by atoms with van der Waals surface area (Å²) in [6, 6.07) is 13.1. The van der Waals surface area contributed by atoms with E-state index in [4.69, 9.17) is 11.6 Å². The van der Waals surface area contributed by atoms with Crippen LogP contribution in [0.3, 0.4) is 0 Å². The van der Waals surface area contributed by atoms with Crippen LogP contribution in [0.5, 0.6) is 0 Å². The number of hydrogen-bond donors (Lipinski definition) is 2. The van der Waals surface area contributed by atoms with Gasteiger partial charge in [-0.1, -0.05) is 35.9 Å². The molecule has 0 saturated heterocycles. The van der Waals surface area contributed by atoms with Crippen LogP contribution in [0.1, 0.15) is 5.56 Å². The summed E-state index contributed by atoms with van der Waals surface area (Å²) in [5.41, 5.74) is 1.78. The highest BCUT2D eigenvalue weighted by molar-refractivity contribution is 6.33. The van der Waals surface area contributed by atoms with Crippen molar-refractivity contribution in [2.24, 2.45) is 0 Å². The summed E-state index contributed by atoms with van der Waals surface area (Å²) < 4.78 is 0. The molecule has 0 aromatic heterocycles. The molecule has 98 valence electrons. The number of hydrogen-bond acceptors (Lipinski definition) is 2. The van der Waals surface area contributed by atoms with Gasteiger partial charge in [0.25, 0.3) is 0 Å². The van der Waals surface area contributed by atoms with Gasteiger partial charge in [0.05, 0.1) is 16.4 Å². The van der Waals surface area contributed by atoms with Crippen molar-refractivity contribution >= 4 is 29.0 Å². The Morgan fingerprint density at radius 2 is 1.95 bits per heavy atom. The van der Waals surface area contributed by atoms with E-state index in [2.05, 4.69) is 5.32 Å². The number of anilines is 2. The van der Waals surface area contributed by atoms with Crippen molar-refractivity contribution in [1.82, 2.24) is 0 Å². The van der Waals surface area contributed by atoms with E-state index < -0.39 is 6.03 Å². The minimum absolute atomic E-state index is 0.393. The van der Waals surface area contributed by atoms with E-state index >= 15 is 0 Å². The van der Waals surface area contributed by atoms with Crippen molar-refractivity contribution in [2.75, 3.05) is 10.4 Å². The Hall–Kier alpha value is -2.04. The second kappa shape index (κ2) is 5.73. The first-order chi connectivity index (χ1) is 9.08. The molecule has 19 heavy (non-hydrogen) atoms.